The summed E-state index contributed by atoms with van der Waals surface area (Å²) in [6.45, 7) is 3.38. The molecule has 0 radical (unpaired) electrons. The van der Waals surface area contributed by atoms with Crippen LogP contribution >= 0.6 is 32.8 Å². The fourth-order valence-corrected chi connectivity index (χ4v) is 3.42. The average molecular weight is 345 g/mol. The number of oxime groups is 1. The van der Waals surface area contributed by atoms with Crippen molar-refractivity contribution < 1.29 is 15.3 Å². The first-order valence-electron chi connectivity index (χ1n) is 4.05. The van der Waals surface area contributed by atoms with E-state index < -0.39 is 21.0 Å². The van der Waals surface area contributed by atoms with Crippen molar-refractivity contribution in [2.75, 3.05) is 11.5 Å². The van der Waals surface area contributed by atoms with Crippen molar-refractivity contribution in [3.05, 3.63) is 12.3 Å². The second kappa shape index (κ2) is 6.30. The number of halogens is 1. The molecule has 0 saturated heterocycles. The lowest BCUT2D eigenvalue weighted by atomic mass is 10.3. The molecule has 0 aromatic rings. The van der Waals surface area contributed by atoms with Crippen LogP contribution in [0, 0.1) is 0 Å². The van der Waals surface area contributed by atoms with Gasteiger partial charge in [0, 0.05) is 3.51 Å². The zero-order chi connectivity index (χ0) is 11.3. The molecule has 0 aromatic carbocycles. The normalized spacial score (nSPS) is 17.1. The Morgan fingerprint density at radius 3 is 3.13 bits per heavy atom. The predicted octanol–water partition coefficient (Wildman–Crippen LogP) is 1.15. The van der Waals surface area contributed by atoms with Gasteiger partial charge in [-0.25, -0.2) is 0 Å². The highest BCUT2D eigenvalue weighted by Gasteiger charge is 2.13. The van der Waals surface area contributed by atoms with E-state index in [0.29, 0.717) is 11.6 Å². The molecule has 0 saturated carbocycles. The average Bonchev–Trinajstić information content (AvgIpc) is 2.17. The van der Waals surface area contributed by atoms with E-state index in [-0.39, 0.29) is 5.76 Å². The summed E-state index contributed by atoms with van der Waals surface area (Å²) in [6.07, 6.45) is 0.737. The molecule has 0 unspecified atom stereocenters. The minimum absolute atomic E-state index is 0.164. The number of nitrogens with zero attached hydrogens (tertiary/aromatic N) is 2. The number of aliphatic hydroxyl groups is 1. The standard InChI is InChI=1S/C7H12IN3O3S/c1-5(12)4-15-3-2-6-7(9)10-14-11(13)8-6/h12-13H,1-4H2,(H2,9,10). The third-order valence-corrected chi connectivity index (χ3v) is 4.69. The molecule has 4 N–H and O–H groups in total. The minimum atomic E-state index is -0.758. The van der Waals surface area contributed by atoms with Gasteiger partial charge >= 0.3 is 0 Å². The molecule has 1 aliphatic heterocycles. The summed E-state index contributed by atoms with van der Waals surface area (Å²) < 4.78 is 1.67. The molecule has 1 aliphatic rings. The zero-order valence-corrected chi connectivity index (χ0v) is 10.9. The number of hydrogen-bond acceptors (Lipinski definition) is 7. The molecule has 1 heterocycles. The van der Waals surface area contributed by atoms with E-state index in [9.17, 15) is 0 Å². The van der Waals surface area contributed by atoms with E-state index >= 15 is 0 Å². The van der Waals surface area contributed by atoms with Crippen molar-refractivity contribution in [2.24, 2.45) is 10.9 Å². The molecule has 0 amide bonds. The Labute approximate surface area is 102 Å². The fraction of sp³-hybridized carbons (Fsp3) is 0.429. The van der Waals surface area contributed by atoms with Gasteiger partial charge < -0.3 is 10.8 Å². The van der Waals surface area contributed by atoms with Crippen molar-refractivity contribution in [1.29, 1.82) is 0 Å². The van der Waals surface area contributed by atoms with Gasteiger partial charge in [0.1, 0.15) is 0 Å². The van der Waals surface area contributed by atoms with Crippen LogP contribution in [0.3, 0.4) is 0 Å². The predicted molar refractivity (Wildman–Crippen MR) is 69.1 cm³/mol. The topological polar surface area (TPSA) is 91.3 Å². The van der Waals surface area contributed by atoms with Crippen LogP contribution in [0.1, 0.15) is 6.42 Å². The van der Waals surface area contributed by atoms with Crippen LogP contribution in [0.25, 0.3) is 0 Å². The highest BCUT2D eigenvalue weighted by Crippen LogP contribution is 2.17. The molecule has 0 spiro atoms. The lowest BCUT2D eigenvalue weighted by Crippen LogP contribution is -2.28. The fourth-order valence-electron chi connectivity index (χ4n) is 0.795. The molecular formula is C7H12IN3O3S. The van der Waals surface area contributed by atoms with Crippen LogP contribution in [-0.4, -0.2) is 34.6 Å². The Balaban J connectivity index is 2.31. The van der Waals surface area contributed by atoms with Gasteiger partial charge in [0.15, 0.2) is 5.84 Å². The summed E-state index contributed by atoms with van der Waals surface area (Å²) in [5, 5.41) is 21.4. The van der Waals surface area contributed by atoms with Gasteiger partial charge in [-0.2, -0.15) is 11.8 Å². The Bertz CT molecular complexity index is 308. The number of nitrogens with two attached hydrogens (primary N) is 1. The molecule has 86 valence electrons. The van der Waals surface area contributed by atoms with E-state index in [1.807, 2.05) is 0 Å². The molecule has 0 aromatic heterocycles. The van der Waals surface area contributed by atoms with Gasteiger partial charge in [0.2, 0.25) is 0 Å². The molecule has 1 rings (SSSR count). The second-order valence-corrected chi connectivity index (χ2v) is 6.36. The SMILES string of the molecule is C=C(O)CSCCC1=IN(O)ON=C1N. The first kappa shape index (κ1) is 12.7. The zero-order valence-electron chi connectivity index (χ0n) is 7.89. The third kappa shape index (κ3) is 4.82. The molecule has 8 heteroatoms. The number of hydrogen-bond donors (Lipinski definition) is 3. The van der Waals surface area contributed by atoms with Crippen molar-refractivity contribution in [1.82, 2.24) is 3.44 Å². The van der Waals surface area contributed by atoms with Crippen LogP contribution in [0.5, 0.6) is 0 Å². The highest BCUT2D eigenvalue weighted by molar-refractivity contribution is 14.2. The molecule has 6 nitrogen and oxygen atoms in total. The Kier molecular flexibility index (Phi) is 5.36. The van der Waals surface area contributed by atoms with E-state index in [0.717, 1.165) is 19.1 Å². The second-order valence-electron chi connectivity index (χ2n) is 2.64. The molecule has 0 fully saturated rings. The van der Waals surface area contributed by atoms with Crippen molar-refractivity contribution >= 4 is 42.1 Å². The van der Waals surface area contributed by atoms with E-state index in [1.165, 1.54) is 0 Å². The summed E-state index contributed by atoms with van der Waals surface area (Å²) in [7, 11) is 0. The Hall–Kier alpha value is -0.320. The largest absolute Gasteiger partial charge is 0.512 e. The van der Waals surface area contributed by atoms with Crippen molar-refractivity contribution in [2.45, 2.75) is 6.42 Å². The van der Waals surface area contributed by atoms with Crippen molar-refractivity contribution in [3.8, 4) is 0 Å². The quantitative estimate of drug-likeness (QED) is 0.300. The molecule has 0 atom stereocenters. The summed E-state index contributed by atoms with van der Waals surface area (Å²) in [5.41, 5.74) is 5.58. The van der Waals surface area contributed by atoms with Crippen LogP contribution in [0.4, 0.5) is 0 Å². The van der Waals surface area contributed by atoms with Gasteiger partial charge in [0.05, 0.1) is 36.0 Å². The highest BCUT2D eigenvalue weighted by atomic mass is 127. The van der Waals surface area contributed by atoms with Gasteiger partial charge in [0.25, 0.3) is 0 Å². The van der Waals surface area contributed by atoms with Crippen LogP contribution in [-0.2, 0) is 4.94 Å². The van der Waals surface area contributed by atoms with Crippen LogP contribution < -0.4 is 5.73 Å². The Morgan fingerprint density at radius 2 is 2.47 bits per heavy atom. The van der Waals surface area contributed by atoms with Gasteiger partial charge in [-0.15, -0.1) is 0 Å². The maximum atomic E-state index is 9.06. The number of amidine groups is 1. The lowest BCUT2D eigenvalue weighted by Gasteiger charge is -2.14. The summed E-state index contributed by atoms with van der Waals surface area (Å²) in [6, 6.07) is 0. The van der Waals surface area contributed by atoms with Crippen LogP contribution in [0.15, 0.2) is 17.5 Å². The minimum Gasteiger partial charge on any atom is -0.512 e. The summed E-state index contributed by atoms with van der Waals surface area (Å²) in [5.74, 6) is 1.84. The van der Waals surface area contributed by atoms with E-state index in [2.05, 4.69) is 16.7 Å². The summed E-state index contributed by atoms with van der Waals surface area (Å²) >= 11 is 0.795. The van der Waals surface area contributed by atoms with Gasteiger partial charge in [-0.3, -0.25) is 10.1 Å². The lowest BCUT2D eigenvalue weighted by molar-refractivity contribution is -0.240. The first-order valence-corrected chi connectivity index (χ1v) is 7.25. The third-order valence-electron chi connectivity index (χ3n) is 1.39. The van der Waals surface area contributed by atoms with E-state index in [1.54, 1.807) is 11.8 Å². The van der Waals surface area contributed by atoms with Crippen LogP contribution in [0.2, 0.25) is 0 Å². The van der Waals surface area contributed by atoms with Gasteiger partial charge in [-0.1, -0.05) is 6.58 Å². The van der Waals surface area contributed by atoms with E-state index in [4.69, 9.17) is 16.0 Å². The maximum absolute atomic E-state index is 9.06. The smallest absolute Gasteiger partial charge is 0.175 e. The van der Waals surface area contributed by atoms with Gasteiger partial charge in [-0.05, 0) is 17.3 Å². The summed E-state index contributed by atoms with van der Waals surface area (Å²) in [4.78, 5) is 4.48. The number of aliphatic hydroxyl groups excluding tert-OH is 1. The molecule has 0 aliphatic carbocycles. The monoisotopic (exact) mass is 345 g/mol. The first-order chi connectivity index (χ1) is 7.09. The molecule has 0 bridgehead atoms. The number of thioether (sulfide) groups is 1. The number of rotatable bonds is 5. The molecular weight excluding hydrogens is 333 g/mol. The molecule has 15 heavy (non-hydrogen) atoms. The maximum Gasteiger partial charge on any atom is 0.175 e. The Morgan fingerprint density at radius 1 is 1.73 bits per heavy atom. The van der Waals surface area contributed by atoms with Crippen molar-refractivity contribution in [3.63, 3.8) is 0 Å².